The molecule has 6 nitrogen and oxygen atoms in total. The van der Waals surface area contributed by atoms with Crippen LogP contribution in [0.15, 0.2) is 34.7 Å². The number of hydrogen-bond acceptors (Lipinski definition) is 4. The molecule has 2 amide bonds. The van der Waals surface area contributed by atoms with Gasteiger partial charge in [0.2, 0.25) is 5.91 Å². The van der Waals surface area contributed by atoms with Gasteiger partial charge in [-0.25, -0.2) is 4.79 Å². The summed E-state index contributed by atoms with van der Waals surface area (Å²) in [6, 6.07) is 9.68. The number of para-hydroxylation sites is 1. The topological polar surface area (TPSA) is 71.8 Å². The van der Waals surface area contributed by atoms with Crippen molar-refractivity contribution >= 4 is 23.0 Å². The van der Waals surface area contributed by atoms with Crippen molar-refractivity contribution in [1.29, 1.82) is 0 Å². The van der Waals surface area contributed by atoms with Crippen molar-refractivity contribution in [3.05, 3.63) is 36.1 Å². The van der Waals surface area contributed by atoms with Crippen molar-refractivity contribution in [2.24, 2.45) is 5.92 Å². The average molecular weight is 328 g/mol. The number of fused-ring (bicyclic) bond motifs is 1. The minimum absolute atomic E-state index is 0.0300. The quantitative estimate of drug-likeness (QED) is 0.916. The molecule has 1 saturated carbocycles. The second kappa shape index (κ2) is 6.19. The first-order chi connectivity index (χ1) is 11.7. The number of amides is 2. The smallest absolute Gasteiger partial charge is 0.410 e. The Kier molecular flexibility index (Phi) is 3.88. The molecule has 4 rings (SSSR count). The van der Waals surface area contributed by atoms with Crippen molar-refractivity contribution in [3.8, 4) is 0 Å². The number of nitrogens with zero attached hydrogens (tertiary/aromatic N) is 1. The van der Waals surface area contributed by atoms with Crippen LogP contribution in [0, 0.1) is 5.92 Å². The molecule has 1 saturated heterocycles. The van der Waals surface area contributed by atoms with Gasteiger partial charge in [0.1, 0.15) is 17.9 Å². The van der Waals surface area contributed by atoms with E-state index in [-0.39, 0.29) is 18.5 Å². The van der Waals surface area contributed by atoms with Gasteiger partial charge in [-0.3, -0.25) is 9.69 Å². The lowest BCUT2D eigenvalue weighted by Crippen LogP contribution is -2.45. The number of rotatable bonds is 5. The molecule has 0 bridgehead atoms. The van der Waals surface area contributed by atoms with Crippen LogP contribution < -0.4 is 5.32 Å². The maximum atomic E-state index is 12.4. The summed E-state index contributed by atoms with van der Waals surface area (Å²) in [7, 11) is 0. The van der Waals surface area contributed by atoms with E-state index in [9.17, 15) is 9.59 Å². The zero-order valence-electron chi connectivity index (χ0n) is 13.4. The fraction of sp³-hybridized carbons (Fsp3) is 0.444. The van der Waals surface area contributed by atoms with Crippen molar-refractivity contribution in [1.82, 2.24) is 10.2 Å². The first-order valence-electron chi connectivity index (χ1n) is 8.40. The van der Waals surface area contributed by atoms with Crippen molar-refractivity contribution in [2.45, 2.75) is 25.3 Å². The lowest BCUT2D eigenvalue weighted by molar-refractivity contribution is -0.123. The molecule has 1 aromatic heterocycles. The molecule has 1 atom stereocenters. The van der Waals surface area contributed by atoms with Crippen LogP contribution in [0.3, 0.4) is 0 Å². The van der Waals surface area contributed by atoms with E-state index in [0.29, 0.717) is 19.1 Å². The summed E-state index contributed by atoms with van der Waals surface area (Å²) in [5.74, 6) is 1.02. The third-order valence-corrected chi connectivity index (χ3v) is 4.55. The number of carbonyl (C=O) groups excluding carboxylic acids is 2. The monoisotopic (exact) mass is 328 g/mol. The molecule has 1 aliphatic heterocycles. The Balaban J connectivity index is 1.47. The van der Waals surface area contributed by atoms with Crippen LogP contribution >= 0.6 is 0 Å². The van der Waals surface area contributed by atoms with Crippen LogP contribution in [-0.2, 0) is 9.53 Å². The molecule has 2 heterocycles. The molecule has 1 aliphatic carbocycles. The van der Waals surface area contributed by atoms with E-state index in [0.717, 1.165) is 36.0 Å². The maximum Gasteiger partial charge on any atom is 0.410 e. The van der Waals surface area contributed by atoms with E-state index in [4.69, 9.17) is 9.15 Å². The lowest BCUT2D eigenvalue weighted by atomic mass is 10.1. The highest BCUT2D eigenvalue weighted by molar-refractivity contribution is 5.83. The third kappa shape index (κ3) is 3.09. The first kappa shape index (κ1) is 15.1. The highest BCUT2D eigenvalue weighted by atomic mass is 16.6. The molecule has 1 unspecified atom stereocenters. The largest absolute Gasteiger partial charge is 0.459 e. The van der Waals surface area contributed by atoms with Crippen LogP contribution in [0.25, 0.3) is 11.0 Å². The van der Waals surface area contributed by atoms with E-state index in [2.05, 4.69) is 5.32 Å². The predicted octanol–water partition coefficient (Wildman–Crippen LogP) is 2.84. The van der Waals surface area contributed by atoms with Crippen LogP contribution in [-0.4, -0.2) is 36.6 Å². The Bertz CT molecular complexity index is 732. The molecule has 1 aromatic carbocycles. The van der Waals surface area contributed by atoms with Gasteiger partial charge >= 0.3 is 6.09 Å². The molecule has 6 heteroatoms. The molecule has 126 valence electrons. The molecule has 0 spiro atoms. The summed E-state index contributed by atoms with van der Waals surface area (Å²) in [6.45, 7) is 1.02. The normalized spacial score (nSPS) is 19.2. The fourth-order valence-electron chi connectivity index (χ4n) is 3.14. The Morgan fingerprint density at radius 2 is 2.17 bits per heavy atom. The standard InChI is InChI=1S/C18H20N2O4/c21-16(11-20-8-3-9-23-18(20)22)19-17(12-6-7-12)15-10-13-4-1-2-5-14(13)24-15/h1-2,4-5,10,12,17H,3,6-9,11H2,(H,19,21). The lowest BCUT2D eigenvalue weighted by Gasteiger charge is -2.26. The summed E-state index contributed by atoms with van der Waals surface area (Å²) < 4.78 is 10.9. The maximum absolute atomic E-state index is 12.4. The van der Waals surface area contributed by atoms with Crippen LogP contribution in [0.2, 0.25) is 0 Å². The summed E-state index contributed by atoms with van der Waals surface area (Å²) in [6.07, 6.45) is 2.50. The SMILES string of the molecule is O=C(CN1CCCOC1=O)NC(c1cc2ccccc2o1)C1CC1. The number of hydrogen-bond donors (Lipinski definition) is 1. The van der Waals surface area contributed by atoms with Gasteiger partial charge in [0.15, 0.2) is 0 Å². The van der Waals surface area contributed by atoms with Gasteiger partial charge in [0, 0.05) is 11.9 Å². The summed E-state index contributed by atoms with van der Waals surface area (Å²) >= 11 is 0. The van der Waals surface area contributed by atoms with Gasteiger partial charge in [0.05, 0.1) is 12.6 Å². The zero-order valence-corrected chi connectivity index (χ0v) is 13.4. The second-order valence-corrected chi connectivity index (χ2v) is 6.46. The number of carbonyl (C=O) groups is 2. The third-order valence-electron chi connectivity index (χ3n) is 4.55. The molecular weight excluding hydrogens is 308 g/mol. The molecule has 2 aliphatic rings. The summed E-state index contributed by atoms with van der Waals surface area (Å²) in [5, 5.41) is 4.08. The van der Waals surface area contributed by atoms with E-state index >= 15 is 0 Å². The van der Waals surface area contributed by atoms with Gasteiger partial charge in [-0.1, -0.05) is 18.2 Å². The first-order valence-corrected chi connectivity index (χ1v) is 8.40. The number of nitrogens with one attached hydrogen (secondary N) is 1. The van der Waals surface area contributed by atoms with Crippen molar-refractivity contribution in [2.75, 3.05) is 19.7 Å². The Hall–Kier alpha value is -2.50. The van der Waals surface area contributed by atoms with Gasteiger partial charge in [-0.2, -0.15) is 0 Å². The van der Waals surface area contributed by atoms with E-state index < -0.39 is 6.09 Å². The Labute approximate surface area is 139 Å². The zero-order chi connectivity index (χ0) is 16.5. The summed E-state index contributed by atoms with van der Waals surface area (Å²) in [5.41, 5.74) is 0.826. The minimum atomic E-state index is -0.414. The van der Waals surface area contributed by atoms with Gasteiger partial charge in [-0.05, 0) is 37.3 Å². The predicted molar refractivity (Wildman–Crippen MR) is 87.4 cm³/mol. The van der Waals surface area contributed by atoms with Crippen molar-refractivity contribution in [3.63, 3.8) is 0 Å². The average Bonchev–Trinajstić information content (AvgIpc) is 3.33. The van der Waals surface area contributed by atoms with E-state index in [1.54, 1.807) is 0 Å². The van der Waals surface area contributed by atoms with E-state index in [1.165, 1.54) is 4.90 Å². The number of cyclic esters (lactones) is 1. The second-order valence-electron chi connectivity index (χ2n) is 6.46. The molecule has 24 heavy (non-hydrogen) atoms. The molecular formula is C18H20N2O4. The van der Waals surface area contributed by atoms with Crippen LogP contribution in [0.4, 0.5) is 4.79 Å². The number of ether oxygens (including phenoxy) is 1. The molecule has 1 N–H and O–H groups in total. The van der Waals surface area contributed by atoms with Crippen molar-refractivity contribution < 1.29 is 18.7 Å². The number of benzene rings is 1. The molecule has 0 radical (unpaired) electrons. The summed E-state index contributed by atoms with van der Waals surface area (Å²) in [4.78, 5) is 25.5. The van der Waals surface area contributed by atoms with Crippen LogP contribution in [0.5, 0.6) is 0 Å². The minimum Gasteiger partial charge on any atom is -0.459 e. The highest BCUT2D eigenvalue weighted by Crippen LogP contribution is 2.42. The Morgan fingerprint density at radius 1 is 1.33 bits per heavy atom. The fourth-order valence-corrected chi connectivity index (χ4v) is 3.14. The number of furan rings is 1. The van der Waals surface area contributed by atoms with Gasteiger partial charge in [-0.15, -0.1) is 0 Å². The van der Waals surface area contributed by atoms with Gasteiger partial charge in [0.25, 0.3) is 0 Å². The van der Waals surface area contributed by atoms with Gasteiger partial charge < -0.3 is 14.5 Å². The molecule has 2 aromatic rings. The highest BCUT2D eigenvalue weighted by Gasteiger charge is 2.36. The van der Waals surface area contributed by atoms with Crippen LogP contribution in [0.1, 0.15) is 31.1 Å². The van der Waals surface area contributed by atoms with E-state index in [1.807, 2.05) is 30.3 Å². The Morgan fingerprint density at radius 3 is 2.92 bits per heavy atom. The molecule has 2 fully saturated rings.